The number of carbonyl (C=O) groups excluding carboxylic acids is 4. The summed E-state index contributed by atoms with van der Waals surface area (Å²) in [6.45, 7) is 14.0. The third-order valence-corrected chi connectivity index (χ3v) is 17.7. The number of hydrogen-bond donors (Lipinski definition) is 3. The van der Waals surface area contributed by atoms with E-state index in [4.69, 9.17) is 37.0 Å². The average molecular weight is 1260 g/mol. The molecule has 7 atom stereocenters. The van der Waals surface area contributed by atoms with Gasteiger partial charge in [-0.05, 0) is 49.4 Å². The standard InChI is InChI=1S/C66H128O17P2/c1-9-58(7)44-36-28-20-12-15-23-31-39-47-64(69)77-53-62(83-66(71)49-41-33-25-17-19-27-35-43-57(5)6)55-81-85(74,75)79-51-60(67)50-78-84(72,73)80-54-61(52-76-63(68)46-38-30-22-14-11-18-26-34-42-56(3)4)82-65(70)48-40-32-24-16-13-21-29-37-45-59(8)10-2/h56-62,67H,9-55H2,1-8H3,(H,72,73)(H,74,75)/t58?,59?,60?,61-,62-/m1/s1. The highest BCUT2D eigenvalue weighted by atomic mass is 31.2. The highest BCUT2D eigenvalue weighted by Crippen LogP contribution is 2.45. The Morgan fingerprint density at radius 3 is 0.835 bits per heavy atom. The van der Waals surface area contributed by atoms with Crippen LogP contribution in [0, 0.1) is 23.7 Å². The van der Waals surface area contributed by atoms with Crippen molar-refractivity contribution in [1.29, 1.82) is 0 Å². The third-order valence-electron chi connectivity index (χ3n) is 15.8. The van der Waals surface area contributed by atoms with Crippen LogP contribution in [-0.2, 0) is 65.4 Å². The summed E-state index contributed by atoms with van der Waals surface area (Å²) in [6.07, 6.45) is 36.2. The van der Waals surface area contributed by atoms with Gasteiger partial charge >= 0.3 is 39.5 Å². The van der Waals surface area contributed by atoms with Gasteiger partial charge in [-0.1, -0.05) is 267 Å². The molecule has 3 N–H and O–H groups in total. The van der Waals surface area contributed by atoms with Gasteiger partial charge in [-0.3, -0.25) is 37.3 Å². The topological polar surface area (TPSA) is 237 Å². The summed E-state index contributed by atoms with van der Waals surface area (Å²) < 4.78 is 68.1. The molecule has 17 nitrogen and oxygen atoms in total. The van der Waals surface area contributed by atoms with Crippen LogP contribution in [0.25, 0.3) is 0 Å². The van der Waals surface area contributed by atoms with Crippen molar-refractivity contribution in [3.8, 4) is 0 Å². The van der Waals surface area contributed by atoms with E-state index < -0.39 is 97.5 Å². The smallest absolute Gasteiger partial charge is 0.462 e. The number of phosphoric acid groups is 2. The normalized spacial score (nSPS) is 15.0. The molecule has 0 bridgehead atoms. The zero-order valence-electron chi connectivity index (χ0n) is 55.2. The Hall–Kier alpha value is -1.94. The van der Waals surface area contributed by atoms with Gasteiger partial charge in [0.2, 0.25) is 0 Å². The van der Waals surface area contributed by atoms with Crippen molar-refractivity contribution in [2.45, 2.75) is 337 Å². The molecule has 0 aliphatic heterocycles. The van der Waals surface area contributed by atoms with Gasteiger partial charge in [0, 0.05) is 25.7 Å². The van der Waals surface area contributed by atoms with Crippen LogP contribution in [0.4, 0.5) is 0 Å². The molecule has 0 aromatic carbocycles. The van der Waals surface area contributed by atoms with Gasteiger partial charge in [-0.2, -0.15) is 0 Å². The fraction of sp³-hybridized carbons (Fsp3) is 0.939. The van der Waals surface area contributed by atoms with E-state index in [9.17, 15) is 43.2 Å². The van der Waals surface area contributed by atoms with E-state index in [2.05, 4.69) is 55.4 Å². The minimum absolute atomic E-state index is 0.102. The number of phosphoric ester groups is 2. The monoisotopic (exact) mass is 1250 g/mol. The van der Waals surface area contributed by atoms with E-state index in [0.717, 1.165) is 108 Å². The first-order valence-electron chi connectivity index (χ1n) is 34.3. The number of unbranched alkanes of at least 4 members (excludes halogenated alkanes) is 27. The average Bonchev–Trinajstić information content (AvgIpc) is 3.65. The molecule has 0 aromatic heterocycles. The maximum absolute atomic E-state index is 13.0. The number of aliphatic hydroxyl groups excluding tert-OH is 1. The van der Waals surface area contributed by atoms with Gasteiger partial charge < -0.3 is 33.8 Å². The summed E-state index contributed by atoms with van der Waals surface area (Å²) in [5, 5.41) is 10.6. The molecule has 0 saturated carbocycles. The van der Waals surface area contributed by atoms with Crippen molar-refractivity contribution in [3.05, 3.63) is 0 Å². The fourth-order valence-electron chi connectivity index (χ4n) is 9.72. The van der Waals surface area contributed by atoms with Gasteiger partial charge in [-0.25, -0.2) is 9.13 Å². The highest BCUT2D eigenvalue weighted by Gasteiger charge is 2.30. The predicted octanol–water partition coefficient (Wildman–Crippen LogP) is 18.1. The van der Waals surface area contributed by atoms with Crippen molar-refractivity contribution in [3.63, 3.8) is 0 Å². The first-order chi connectivity index (χ1) is 40.7. The summed E-state index contributed by atoms with van der Waals surface area (Å²) in [5.74, 6) is 0.830. The molecule has 0 radical (unpaired) electrons. The summed E-state index contributed by atoms with van der Waals surface area (Å²) in [7, 11) is -9.89. The highest BCUT2D eigenvalue weighted by molar-refractivity contribution is 7.47. The second kappa shape index (κ2) is 56.1. The minimum atomic E-state index is -4.95. The number of ether oxygens (including phenoxy) is 4. The van der Waals surface area contributed by atoms with Gasteiger partial charge in [0.25, 0.3) is 0 Å². The number of carbonyl (C=O) groups is 4. The van der Waals surface area contributed by atoms with Crippen LogP contribution >= 0.6 is 15.6 Å². The van der Waals surface area contributed by atoms with Gasteiger partial charge in [0.15, 0.2) is 12.2 Å². The van der Waals surface area contributed by atoms with Crippen molar-refractivity contribution in [2.24, 2.45) is 23.7 Å². The van der Waals surface area contributed by atoms with E-state index in [1.54, 1.807) is 0 Å². The molecule has 0 aliphatic rings. The Bertz CT molecular complexity index is 1700. The molecule has 0 aliphatic carbocycles. The molecule has 19 heteroatoms. The lowest BCUT2D eigenvalue weighted by Crippen LogP contribution is -2.30. The molecule has 5 unspecified atom stereocenters. The lowest BCUT2D eigenvalue weighted by atomic mass is 9.99. The molecular formula is C66H128O17P2. The van der Waals surface area contributed by atoms with E-state index in [1.807, 2.05) is 0 Å². The number of rotatable bonds is 63. The minimum Gasteiger partial charge on any atom is -0.462 e. The van der Waals surface area contributed by atoms with Crippen LogP contribution in [-0.4, -0.2) is 96.7 Å². The van der Waals surface area contributed by atoms with Crippen LogP contribution < -0.4 is 0 Å². The van der Waals surface area contributed by atoms with Crippen molar-refractivity contribution >= 4 is 39.5 Å². The quantitative estimate of drug-likeness (QED) is 0.0222. The third kappa shape index (κ3) is 58.2. The molecule has 0 amide bonds. The Balaban J connectivity index is 5.27. The second-order valence-corrected chi connectivity index (χ2v) is 28.2. The number of hydrogen-bond acceptors (Lipinski definition) is 15. The van der Waals surface area contributed by atoms with E-state index in [-0.39, 0.29) is 25.7 Å². The van der Waals surface area contributed by atoms with Gasteiger partial charge in [-0.15, -0.1) is 0 Å². The summed E-state index contributed by atoms with van der Waals surface area (Å²) >= 11 is 0. The molecule has 0 saturated heterocycles. The molecule has 0 rings (SSSR count). The molecule has 0 aromatic rings. The van der Waals surface area contributed by atoms with E-state index in [0.29, 0.717) is 31.6 Å². The SMILES string of the molecule is CCC(C)CCCCCCCCCCC(=O)OC[C@H](COP(=O)(O)OCC(O)COP(=O)(O)OC[C@@H](COC(=O)CCCCCCCCCCC(C)C)OC(=O)CCCCCCCCCCC(C)CC)OC(=O)CCCCCCCCCC(C)C. The predicted molar refractivity (Wildman–Crippen MR) is 340 cm³/mol. The van der Waals surface area contributed by atoms with Gasteiger partial charge in [0.05, 0.1) is 26.4 Å². The maximum atomic E-state index is 13.0. The zero-order valence-corrected chi connectivity index (χ0v) is 57.0. The Labute approximate surface area is 517 Å². The lowest BCUT2D eigenvalue weighted by molar-refractivity contribution is -0.161. The van der Waals surface area contributed by atoms with Crippen molar-refractivity contribution in [2.75, 3.05) is 39.6 Å². The second-order valence-electron chi connectivity index (χ2n) is 25.3. The number of aliphatic hydroxyl groups is 1. The van der Waals surface area contributed by atoms with Crippen LogP contribution in [0.1, 0.15) is 319 Å². The molecule has 0 heterocycles. The first-order valence-corrected chi connectivity index (χ1v) is 37.3. The van der Waals surface area contributed by atoms with Crippen molar-refractivity contribution < 1.29 is 80.2 Å². The first kappa shape index (κ1) is 83.1. The van der Waals surface area contributed by atoms with Crippen LogP contribution in [0.15, 0.2) is 0 Å². The zero-order chi connectivity index (χ0) is 63.2. The molecule has 0 fully saturated rings. The van der Waals surface area contributed by atoms with E-state index in [1.165, 1.54) is 122 Å². The number of esters is 4. The summed E-state index contributed by atoms with van der Waals surface area (Å²) in [5.41, 5.74) is 0. The van der Waals surface area contributed by atoms with Crippen LogP contribution in [0.5, 0.6) is 0 Å². The van der Waals surface area contributed by atoms with Gasteiger partial charge in [0.1, 0.15) is 19.3 Å². The molecule has 504 valence electrons. The lowest BCUT2D eigenvalue weighted by Gasteiger charge is -2.21. The molecular weight excluding hydrogens is 1130 g/mol. The Morgan fingerprint density at radius 1 is 0.329 bits per heavy atom. The molecule has 0 spiro atoms. The summed E-state index contributed by atoms with van der Waals surface area (Å²) in [4.78, 5) is 72.3. The van der Waals surface area contributed by atoms with Crippen LogP contribution in [0.3, 0.4) is 0 Å². The fourth-order valence-corrected chi connectivity index (χ4v) is 11.3. The Kier molecular flexibility index (Phi) is 54.8. The van der Waals surface area contributed by atoms with Crippen LogP contribution in [0.2, 0.25) is 0 Å². The maximum Gasteiger partial charge on any atom is 0.472 e. The van der Waals surface area contributed by atoms with Crippen molar-refractivity contribution in [1.82, 2.24) is 0 Å². The Morgan fingerprint density at radius 2 is 0.565 bits per heavy atom. The largest absolute Gasteiger partial charge is 0.472 e. The molecule has 85 heavy (non-hydrogen) atoms. The summed E-state index contributed by atoms with van der Waals surface area (Å²) in [6, 6.07) is 0. The van der Waals surface area contributed by atoms with E-state index >= 15 is 0 Å².